The summed E-state index contributed by atoms with van der Waals surface area (Å²) in [6, 6.07) is 5.73. The van der Waals surface area contributed by atoms with Gasteiger partial charge in [-0.25, -0.2) is 0 Å². The highest BCUT2D eigenvalue weighted by Crippen LogP contribution is 2.32. The quantitative estimate of drug-likeness (QED) is 0.893. The fraction of sp³-hybridized carbons (Fsp3) is 0.500. The van der Waals surface area contributed by atoms with E-state index in [0.717, 1.165) is 12.8 Å². The van der Waals surface area contributed by atoms with E-state index in [1.54, 1.807) is 11.0 Å². The van der Waals surface area contributed by atoms with Gasteiger partial charge in [-0.05, 0) is 30.5 Å². The highest BCUT2D eigenvalue weighted by atomic mass is 19.4. The molecule has 1 aromatic rings. The Kier molecular flexibility index (Phi) is 4.38. The molecule has 130 valence electrons. The van der Waals surface area contributed by atoms with Crippen LogP contribution in [-0.4, -0.2) is 35.7 Å². The van der Waals surface area contributed by atoms with Gasteiger partial charge < -0.3 is 15.0 Å². The number of amides is 2. The van der Waals surface area contributed by atoms with Crippen LogP contribution in [0.5, 0.6) is 5.75 Å². The van der Waals surface area contributed by atoms with Crippen LogP contribution in [0.3, 0.4) is 0 Å². The summed E-state index contributed by atoms with van der Waals surface area (Å²) in [5, 5.41) is 2.68. The van der Waals surface area contributed by atoms with E-state index in [4.69, 9.17) is 0 Å². The molecule has 0 unspecified atom stereocenters. The summed E-state index contributed by atoms with van der Waals surface area (Å²) >= 11 is 0. The maximum Gasteiger partial charge on any atom is 0.573 e. The molecule has 1 heterocycles. The zero-order chi connectivity index (χ0) is 17.3. The Hall–Kier alpha value is -2.25. The lowest BCUT2D eigenvalue weighted by molar-refractivity contribution is -0.274. The maximum absolute atomic E-state index is 12.2. The number of carbonyl (C=O) groups is 2. The molecule has 2 fully saturated rings. The van der Waals surface area contributed by atoms with Crippen LogP contribution >= 0.6 is 0 Å². The number of nitrogens with one attached hydrogen (secondary N) is 1. The third-order valence-corrected chi connectivity index (χ3v) is 4.12. The lowest BCUT2D eigenvalue weighted by Crippen LogP contribution is -2.33. The molecule has 0 radical (unpaired) electrons. The Labute approximate surface area is 136 Å². The van der Waals surface area contributed by atoms with E-state index in [-0.39, 0.29) is 36.6 Å². The molecule has 5 nitrogen and oxygen atoms in total. The number of alkyl halides is 3. The molecule has 2 amide bonds. The van der Waals surface area contributed by atoms with Gasteiger partial charge in [-0.15, -0.1) is 13.2 Å². The minimum Gasteiger partial charge on any atom is -0.406 e. The van der Waals surface area contributed by atoms with Crippen molar-refractivity contribution in [1.29, 1.82) is 0 Å². The Morgan fingerprint density at radius 1 is 1.33 bits per heavy atom. The lowest BCUT2D eigenvalue weighted by atomic mass is 10.1. The molecule has 0 spiro atoms. The monoisotopic (exact) mass is 342 g/mol. The van der Waals surface area contributed by atoms with Crippen molar-refractivity contribution in [3.05, 3.63) is 29.8 Å². The average Bonchev–Trinajstić information content (AvgIpc) is 3.26. The summed E-state index contributed by atoms with van der Waals surface area (Å²) in [5.74, 6) is -0.982. The van der Waals surface area contributed by atoms with Crippen molar-refractivity contribution in [2.24, 2.45) is 5.92 Å². The Morgan fingerprint density at radius 3 is 2.75 bits per heavy atom. The molecule has 1 atom stereocenters. The molecule has 2 aliphatic rings. The first-order valence-electron chi connectivity index (χ1n) is 7.74. The van der Waals surface area contributed by atoms with Crippen molar-refractivity contribution in [3.63, 3.8) is 0 Å². The van der Waals surface area contributed by atoms with Crippen molar-refractivity contribution < 1.29 is 27.5 Å². The first kappa shape index (κ1) is 16.6. The largest absolute Gasteiger partial charge is 0.573 e. The first-order chi connectivity index (χ1) is 11.3. The smallest absolute Gasteiger partial charge is 0.406 e. The van der Waals surface area contributed by atoms with Gasteiger partial charge in [0.15, 0.2) is 0 Å². The molecule has 1 saturated carbocycles. The van der Waals surface area contributed by atoms with Gasteiger partial charge in [0, 0.05) is 25.6 Å². The van der Waals surface area contributed by atoms with Crippen LogP contribution < -0.4 is 10.1 Å². The number of halogens is 3. The van der Waals surface area contributed by atoms with Gasteiger partial charge in [0.05, 0.1) is 5.92 Å². The van der Waals surface area contributed by atoms with Crippen molar-refractivity contribution in [1.82, 2.24) is 10.2 Å². The predicted molar refractivity (Wildman–Crippen MR) is 77.8 cm³/mol. The summed E-state index contributed by atoms with van der Waals surface area (Å²) in [6.45, 7) is 0.508. The topological polar surface area (TPSA) is 58.6 Å². The van der Waals surface area contributed by atoms with Gasteiger partial charge in [-0.1, -0.05) is 12.1 Å². The number of hydrogen-bond acceptors (Lipinski definition) is 3. The molecule has 1 saturated heterocycles. The number of hydrogen-bond donors (Lipinski definition) is 1. The van der Waals surface area contributed by atoms with E-state index in [0.29, 0.717) is 12.1 Å². The van der Waals surface area contributed by atoms with E-state index in [2.05, 4.69) is 10.1 Å². The van der Waals surface area contributed by atoms with Gasteiger partial charge in [-0.3, -0.25) is 9.59 Å². The molecule has 0 bridgehead atoms. The Morgan fingerprint density at radius 2 is 2.08 bits per heavy atom. The maximum atomic E-state index is 12.2. The van der Waals surface area contributed by atoms with E-state index in [1.807, 2.05) is 0 Å². The summed E-state index contributed by atoms with van der Waals surface area (Å²) in [5.41, 5.74) is 0.494. The number of rotatable bonds is 5. The third kappa shape index (κ3) is 4.18. The van der Waals surface area contributed by atoms with E-state index >= 15 is 0 Å². The fourth-order valence-corrected chi connectivity index (χ4v) is 2.83. The van der Waals surface area contributed by atoms with E-state index in [9.17, 15) is 22.8 Å². The average molecular weight is 342 g/mol. The SMILES string of the molecule is O=C(NCc1cccc(OC(F)(F)F)c1)[C@@H]1CC(=O)N(C2CC2)C1. The normalized spacial score (nSPS) is 21.0. The second kappa shape index (κ2) is 6.33. The van der Waals surface area contributed by atoms with Gasteiger partial charge >= 0.3 is 6.36 Å². The van der Waals surface area contributed by atoms with E-state index in [1.165, 1.54) is 18.2 Å². The van der Waals surface area contributed by atoms with Crippen LogP contribution in [0.15, 0.2) is 24.3 Å². The second-order valence-electron chi connectivity index (χ2n) is 6.09. The molecule has 0 aromatic heterocycles. The van der Waals surface area contributed by atoms with Gasteiger partial charge in [0.2, 0.25) is 11.8 Å². The standard InChI is InChI=1S/C16H17F3N2O3/c17-16(18,19)24-13-3-1-2-10(6-13)8-20-15(23)11-7-14(22)21(9-11)12-4-5-12/h1-3,6,11-12H,4-5,7-9H2,(H,20,23)/t11-/m1/s1. The zero-order valence-electron chi connectivity index (χ0n) is 12.8. The molecule has 1 N–H and O–H groups in total. The van der Waals surface area contributed by atoms with Crippen LogP contribution in [-0.2, 0) is 16.1 Å². The third-order valence-electron chi connectivity index (χ3n) is 4.12. The second-order valence-corrected chi connectivity index (χ2v) is 6.09. The van der Waals surface area contributed by atoms with Gasteiger partial charge in [-0.2, -0.15) is 0 Å². The number of ether oxygens (including phenoxy) is 1. The first-order valence-corrected chi connectivity index (χ1v) is 7.74. The highest BCUT2D eigenvalue weighted by Gasteiger charge is 2.41. The number of benzene rings is 1. The van der Waals surface area contributed by atoms with Crippen molar-refractivity contribution in [2.45, 2.75) is 38.2 Å². The summed E-state index contributed by atoms with van der Waals surface area (Å²) < 4.78 is 40.5. The van der Waals surface area contributed by atoms with Crippen LogP contribution in [0.2, 0.25) is 0 Å². The molecule has 1 aliphatic carbocycles. The molecule has 1 aromatic carbocycles. The molecule has 24 heavy (non-hydrogen) atoms. The molecular formula is C16H17F3N2O3. The minimum atomic E-state index is -4.75. The van der Waals surface area contributed by atoms with Gasteiger partial charge in [0.25, 0.3) is 0 Å². The molecule has 1 aliphatic heterocycles. The summed E-state index contributed by atoms with van der Waals surface area (Å²) in [6.07, 6.45) is -2.57. The van der Waals surface area contributed by atoms with Crippen molar-refractivity contribution in [3.8, 4) is 5.75 Å². The number of nitrogens with zero attached hydrogens (tertiary/aromatic N) is 1. The van der Waals surface area contributed by atoms with Crippen LogP contribution in [0.1, 0.15) is 24.8 Å². The summed E-state index contributed by atoms with van der Waals surface area (Å²) in [7, 11) is 0. The van der Waals surface area contributed by atoms with Crippen molar-refractivity contribution >= 4 is 11.8 Å². The van der Waals surface area contributed by atoms with E-state index < -0.39 is 12.3 Å². The van der Waals surface area contributed by atoms with Crippen molar-refractivity contribution in [2.75, 3.05) is 6.54 Å². The predicted octanol–water partition coefficient (Wildman–Crippen LogP) is 2.21. The molecular weight excluding hydrogens is 325 g/mol. The Balaban J connectivity index is 1.53. The number of carbonyl (C=O) groups excluding carboxylic acids is 2. The van der Waals surface area contributed by atoms with Crippen LogP contribution in [0.25, 0.3) is 0 Å². The summed E-state index contributed by atoms with van der Waals surface area (Å²) in [4.78, 5) is 25.8. The zero-order valence-corrected chi connectivity index (χ0v) is 12.8. The number of likely N-dealkylation sites (tertiary alicyclic amines) is 1. The Bertz CT molecular complexity index is 644. The lowest BCUT2D eigenvalue weighted by Gasteiger charge is -2.15. The fourth-order valence-electron chi connectivity index (χ4n) is 2.83. The van der Waals surface area contributed by atoms with Crippen LogP contribution in [0, 0.1) is 5.92 Å². The highest BCUT2D eigenvalue weighted by molar-refractivity contribution is 5.89. The van der Waals surface area contributed by atoms with Crippen LogP contribution in [0.4, 0.5) is 13.2 Å². The molecule has 3 rings (SSSR count). The molecule has 8 heteroatoms. The van der Waals surface area contributed by atoms with Gasteiger partial charge in [0.1, 0.15) is 5.75 Å². The minimum absolute atomic E-state index is 0.00164.